The number of nitrogens with one attached hydrogen (secondary N) is 1. The van der Waals surface area contributed by atoms with E-state index in [0.29, 0.717) is 24.3 Å². The Morgan fingerprint density at radius 1 is 1.15 bits per heavy atom. The molecule has 4 heterocycles. The van der Waals surface area contributed by atoms with Gasteiger partial charge in [-0.2, -0.15) is 5.10 Å². The van der Waals surface area contributed by atoms with Gasteiger partial charge in [-0.05, 0) is 31.4 Å². The number of nitrogens with zero attached hydrogens (tertiary/aromatic N) is 4. The average Bonchev–Trinajstić information content (AvgIpc) is 3.44. The van der Waals surface area contributed by atoms with Crippen LogP contribution in [0.25, 0.3) is 0 Å². The molecule has 3 aliphatic heterocycles. The fraction of sp³-hybridized carbons (Fsp3) is 0.440. The van der Waals surface area contributed by atoms with Gasteiger partial charge in [-0.1, -0.05) is 12.0 Å². The molecule has 9 heteroatoms. The highest BCUT2D eigenvalue weighted by molar-refractivity contribution is 6.05. The summed E-state index contributed by atoms with van der Waals surface area (Å²) in [5.74, 6) is 2.42. The highest BCUT2D eigenvalue weighted by Gasteiger charge is 2.40. The quantitative estimate of drug-likeness (QED) is 0.513. The molecule has 1 atom stereocenters. The van der Waals surface area contributed by atoms with Gasteiger partial charge in [0.05, 0.1) is 24.8 Å². The van der Waals surface area contributed by atoms with Crippen LogP contribution in [0.5, 0.6) is 5.75 Å². The number of hydrogen-bond donors (Lipinski definition) is 1. The molecule has 1 aromatic heterocycles. The van der Waals surface area contributed by atoms with Crippen molar-refractivity contribution < 1.29 is 19.1 Å². The van der Waals surface area contributed by atoms with Crippen LogP contribution in [0.3, 0.4) is 0 Å². The Hall–Kier alpha value is -3.64. The first-order chi connectivity index (χ1) is 16.5. The number of amides is 3. The Morgan fingerprint density at radius 3 is 2.71 bits per heavy atom. The van der Waals surface area contributed by atoms with Crippen LogP contribution < -0.4 is 10.1 Å². The number of rotatable bonds is 6. The lowest BCUT2D eigenvalue weighted by Gasteiger charge is -2.32. The highest BCUT2D eigenvalue weighted by atomic mass is 16.5. The summed E-state index contributed by atoms with van der Waals surface area (Å²) in [6, 6.07) is 4.87. The van der Waals surface area contributed by atoms with Crippen LogP contribution in [0, 0.1) is 12.3 Å². The van der Waals surface area contributed by atoms with Gasteiger partial charge in [0.25, 0.3) is 5.91 Å². The van der Waals surface area contributed by atoms with E-state index in [1.54, 1.807) is 17.2 Å². The fourth-order valence-electron chi connectivity index (χ4n) is 4.90. The SMILES string of the molecule is C#Cc1cnn(CCN2CCC(Oc3cccc4c3CN(C3CCC(=O)NC3=O)C4=O)CC2)c1. The third-order valence-electron chi connectivity index (χ3n) is 6.81. The van der Waals surface area contributed by atoms with Gasteiger partial charge in [0, 0.05) is 43.4 Å². The van der Waals surface area contributed by atoms with Crippen molar-refractivity contribution in [2.75, 3.05) is 19.6 Å². The minimum atomic E-state index is -0.625. The second-order valence-corrected chi connectivity index (χ2v) is 8.98. The van der Waals surface area contributed by atoms with Crippen molar-refractivity contribution in [2.24, 2.45) is 0 Å². The standard InChI is InChI=1S/C25H27N5O4/c1-2-17-14-26-29(15-17)13-12-28-10-8-18(9-11-28)34-22-5-3-4-19-20(22)16-30(25(19)33)21-6-7-23(31)27-24(21)32/h1,3-5,14-15,18,21H,6-13,16H2,(H,27,31,32). The number of piperidine rings is 2. The lowest BCUT2D eigenvalue weighted by Crippen LogP contribution is -2.52. The van der Waals surface area contributed by atoms with Crippen molar-refractivity contribution in [1.82, 2.24) is 24.9 Å². The first-order valence-corrected chi connectivity index (χ1v) is 11.7. The molecule has 1 N–H and O–H groups in total. The number of carbonyl (C=O) groups excluding carboxylic acids is 3. The first-order valence-electron chi connectivity index (χ1n) is 11.7. The van der Waals surface area contributed by atoms with Gasteiger partial charge in [0.1, 0.15) is 17.9 Å². The number of aromatic nitrogens is 2. The molecule has 2 fully saturated rings. The molecule has 1 unspecified atom stereocenters. The molecule has 34 heavy (non-hydrogen) atoms. The predicted molar refractivity (Wildman–Crippen MR) is 123 cm³/mol. The summed E-state index contributed by atoms with van der Waals surface area (Å²) in [6.07, 6.45) is 11.4. The average molecular weight is 462 g/mol. The molecule has 3 amide bonds. The van der Waals surface area contributed by atoms with E-state index in [1.807, 2.05) is 23.0 Å². The van der Waals surface area contributed by atoms with E-state index in [-0.39, 0.29) is 24.3 Å². The van der Waals surface area contributed by atoms with Gasteiger partial charge >= 0.3 is 0 Å². The highest BCUT2D eigenvalue weighted by Crippen LogP contribution is 2.34. The van der Waals surface area contributed by atoms with Crippen molar-refractivity contribution in [1.29, 1.82) is 0 Å². The molecule has 0 spiro atoms. The second-order valence-electron chi connectivity index (χ2n) is 8.98. The molecule has 9 nitrogen and oxygen atoms in total. The van der Waals surface area contributed by atoms with Crippen LogP contribution >= 0.6 is 0 Å². The molecular weight excluding hydrogens is 434 g/mol. The molecule has 0 saturated carbocycles. The number of ether oxygens (including phenoxy) is 1. The largest absolute Gasteiger partial charge is 0.490 e. The first kappa shape index (κ1) is 22.2. The summed E-state index contributed by atoms with van der Waals surface area (Å²) in [5, 5.41) is 6.62. The zero-order valence-corrected chi connectivity index (χ0v) is 18.9. The summed E-state index contributed by atoms with van der Waals surface area (Å²) < 4.78 is 8.23. The Labute approximate surface area is 198 Å². The molecule has 0 bridgehead atoms. The number of imide groups is 1. The van der Waals surface area contributed by atoms with Crippen molar-refractivity contribution in [3.8, 4) is 18.1 Å². The van der Waals surface area contributed by atoms with Crippen LogP contribution in [-0.4, -0.2) is 69.1 Å². The van der Waals surface area contributed by atoms with Gasteiger partial charge in [0.2, 0.25) is 11.8 Å². The van der Waals surface area contributed by atoms with E-state index in [0.717, 1.165) is 50.1 Å². The minimum Gasteiger partial charge on any atom is -0.490 e. The normalized spacial score (nSPS) is 21.3. The van der Waals surface area contributed by atoms with E-state index in [2.05, 4.69) is 21.2 Å². The third-order valence-corrected chi connectivity index (χ3v) is 6.81. The van der Waals surface area contributed by atoms with E-state index in [4.69, 9.17) is 11.2 Å². The number of terminal acetylenes is 1. The summed E-state index contributed by atoms with van der Waals surface area (Å²) >= 11 is 0. The molecule has 176 valence electrons. The van der Waals surface area contributed by atoms with E-state index in [1.165, 1.54) is 0 Å². The van der Waals surface area contributed by atoms with Crippen molar-refractivity contribution in [3.05, 3.63) is 47.3 Å². The maximum absolute atomic E-state index is 13.0. The zero-order valence-electron chi connectivity index (χ0n) is 18.9. The van der Waals surface area contributed by atoms with Crippen LogP contribution in [0.4, 0.5) is 0 Å². The van der Waals surface area contributed by atoms with Gasteiger partial charge in [0.15, 0.2) is 0 Å². The van der Waals surface area contributed by atoms with Gasteiger partial charge in [-0.3, -0.25) is 24.4 Å². The summed E-state index contributed by atoms with van der Waals surface area (Å²) in [4.78, 5) is 40.7. The molecule has 0 aliphatic carbocycles. The Balaban J connectivity index is 1.17. The molecule has 0 radical (unpaired) electrons. The number of fused-ring (bicyclic) bond motifs is 1. The van der Waals surface area contributed by atoms with E-state index >= 15 is 0 Å². The number of benzene rings is 1. The van der Waals surface area contributed by atoms with Gasteiger partial charge in [-0.25, -0.2) is 0 Å². The molecule has 1 aromatic carbocycles. The number of likely N-dealkylation sites (tertiary alicyclic amines) is 1. The van der Waals surface area contributed by atoms with E-state index in [9.17, 15) is 14.4 Å². The van der Waals surface area contributed by atoms with Crippen molar-refractivity contribution in [2.45, 2.75) is 50.9 Å². The van der Waals surface area contributed by atoms with E-state index < -0.39 is 11.9 Å². The summed E-state index contributed by atoms with van der Waals surface area (Å²) in [7, 11) is 0. The lowest BCUT2D eigenvalue weighted by molar-refractivity contribution is -0.136. The molecular formula is C25H27N5O4. The molecule has 2 saturated heterocycles. The van der Waals surface area contributed by atoms with Crippen molar-refractivity contribution in [3.63, 3.8) is 0 Å². The summed E-state index contributed by atoms with van der Waals surface area (Å²) in [6.45, 7) is 3.85. The maximum Gasteiger partial charge on any atom is 0.255 e. The smallest absolute Gasteiger partial charge is 0.255 e. The second kappa shape index (κ2) is 9.31. The number of hydrogen-bond acceptors (Lipinski definition) is 6. The lowest BCUT2D eigenvalue weighted by atomic mass is 10.0. The third kappa shape index (κ3) is 4.41. The maximum atomic E-state index is 13.0. The topological polar surface area (TPSA) is 96.8 Å². The molecule has 3 aliphatic rings. The monoisotopic (exact) mass is 461 g/mol. The Kier molecular flexibility index (Phi) is 6.07. The van der Waals surface area contributed by atoms with Gasteiger partial charge in [-0.15, -0.1) is 6.42 Å². The predicted octanol–water partition coefficient (Wildman–Crippen LogP) is 1.17. The Morgan fingerprint density at radius 2 is 1.97 bits per heavy atom. The molecule has 2 aromatic rings. The number of carbonyl (C=O) groups is 3. The van der Waals surface area contributed by atoms with Crippen molar-refractivity contribution >= 4 is 17.7 Å². The van der Waals surface area contributed by atoms with Crippen LogP contribution in [0.15, 0.2) is 30.6 Å². The van der Waals surface area contributed by atoms with Crippen LogP contribution in [0.1, 0.15) is 47.2 Å². The zero-order chi connectivity index (χ0) is 23.7. The van der Waals surface area contributed by atoms with Gasteiger partial charge < -0.3 is 14.5 Å². The van der Waals surface area contributed by atoms with Crippen LogP contribution in [0.2, 0.25) is 0 Å². The summed E-state index contributed by atoms with van der Waals surface area (Å²) in [5.41, 5.74) is 2.19. The molecule has 5 rings (SSSR count). The Bertz CT molecular complexity index is 1160. The fourth-order valence-corrected chi connectivity index (χ4v) is 4.90. The van der Waals surface area contributed by atoms with Crippen LogP contribution in [-0.2, 0) is 22.7 Å². The minimum absolute atomic E-state index is 0.0697.